The first-order valence-electron chi connectivity index (χ1n) is 6.24. The van der Waals surface area contributed by atoms with Crippen LogP contribution in [0, 0.1) is 11.8 Å². The quantitative estimate of drug-likeness (QED) is 0.889. The van der Waals surface area contributed by atoms with Crippen molar-refractivity contribution in [2.45, 2.75) is 43.5 Å². The fourth-order valence-corrected chi connectivity index (χ4v) is 4.99. The molecule has 1 fully saturated rings. The van der Waals surface area contributed by atoms with Crippen LogP contribution in [0.25, 0.3) is 0 Å². The van der Waals surface area contributed by atoms with Crippen LogP contribution in [0.5, 0.6) is 0 Å². The van der Waals surface area contributed by atoms with E-state index >= 15 is 0 Å². The number of sulfonamides is 1. The average Bonchev–Trinajstić information content (AvgIpc) is 2.91. The predicted molar refractivity (Wildman–Crippen MR) is 73.9 cm³/mol. The Morgan fingerprint density at radius 2 is 2.17 bits per heavy atom. The number of hydrogen-bond donors (Lipinski definition) is 2. The van der Waals surface area contributed by atoms with Gasteiger partial charge in [0.2, 0.25) is 10.0 Å². The predicted octanol–water partition coefficient (Wildman–Crippen LogP) is 1.92. The highest BCUT2D eigenvalue weighted by atomic mass is 32.2. The molecule has 1 heterocycles. The Morgan fingerprint density at radius 3 is 2.67 bits per heavy atom. The average molecular weight is 288 g/mol. The maximum atomic E-state index is 12.2. The second-order valence-corrected chi connectivity index (χ2v) is 7.97. The molecule has 0 bridgehead atoms. The number of nitrogens with one attached hydrogen (secondary N) is 1. The molecule has 18 heavy (non-hydrogen) atoms. The van der Waals surface area contributed by atoms with E-state index in [-0.39, 0.29) is 6.04 Å². The Bertz CT molecular complexity index is 510. The molecule has 0 saturated heterocycles. The van der Waals surface area contributed by atoms with Gasteiger partial charge in [-0.1, -0.05) is 13.8 Å². The first-order valence-corrected chi connectivity index (χ1v) is 8.60. The topological polar surface area (TPSA) is 72.2 Å². The molecule has 1 aromatic rings. The summed E-state index contributed by atoms with van der Waals surface area (Å²) in [5, 5.41) is 1.80. The Balaban J connectivity index is 2.12. The third-order valence-electron chi connectivity index (χ3n) is 3.90. The van der Waals surface area contributed by atoms with Crippen LogP contribution >= 0.6 is 11.3 Å². The fraction of sp³-hybridized carbons (Fsp3) is 0.667. The Hall–Kier alpha value is -0.430. The lowest BCUT2D eigenvalue weighted by Gasteiger charge is -2.19. The van der Waals surface area contributed by atoms with Crippen molar-refractivity contribution in [3.63, 3.8) is 0 Å². The smallest absolute Gasteiger partial charge is 0.250 e. The lowest BCUT2D eigenvalue weighted by atomic mass is 9.98. The van der Waals surface area contributed by atoms with E-state index in [1.807, 2.05) is 0 Å². The summed E-state index contributed by atoms with van der Waals surface area (Å²) in [6.07, 6.45) is 2.02. The molecule has 0 aliphatic heterocycles. The van der Waals surface area contributed by atoms with Crippen molar-refractivity contribution >= 4 is 21.4 Å². The van der Waals surface area contributed by atoms with Crippen LogP contribution in [-0.2, 0) is 16.6 Å². The van der Waals surface area contributed by atoms with E-state index in [0.29, 0.717) is 22.6 Å². The fourth-order valence-electron chi connectivity index (χ4n) is 2.39. The molecule has 0 spiro atoms. The minimum absolute atomic E-state index is 0.0634. The molecule has 0 radical (unpaired) electrons. The molecule has 1 aliphatic carbocycles. The molecule has 1 aromatic heterocycles. The lowest BCUT2D eigenvalue weighted by molar-refractivity contribution is 0.402. The molecule has 3 unspecified atom stereocenters. The van der Waals surface area contributed by atoms with E-state index in [1.54, 1.807) is 11.4 Å². The van der Waals surface area contributed by atoms with Crippen molar-refractivity contribution in [1.29, 1.82) is 0 Å². The number of thiophene rings is 1. The van der Waals surface area contributed by atoms with E-state index in [1.165, 1.54) is 11.3 Å². The van der Waals surface area contributed by atoms with Gasteiger partial charge in [0.05, 0.1) is 0 Å². The van der Waals surface area contributed by atoms with Crippen LogP contribution in [0.15, 0.2) is 15.7 Å². The summed E-state index contributed by atoms with van der Waals surface area (Å²) in [6.45, 7) is 4.67. The van der Waals surface area contributed by atoms with Crippen molar-refractivity contribution in [3.8, 4) is 0 Å². The molecule has 1 saturated carbocycles. The van der Waals surface area contributed by atoms with Gasteiger partial charge in [0, 0.05) is 12.6 Å². The van der Waals surface area contributed by atoms with E-state index in [0.717, 1.165) is 18.4 Å². The minimum Gasteiger partial charge on any atom is -0.326 e. The lowest BCUT2D eigenvalue weighted by Crippen LogP contribution is -2.36. The zero-order valence-electron chi connectivity index (χ0n) is 10.7. The van der Waals surface area contributed by atoms with Crippen molar-refractivity contribution in [3.05, 3.63) is 17.0 Å². The second-order valence-electron chi connectivity index (χ2n) is 5.12. The van der Waals surface area contributed by atoms with E-state index in [4.69, 9.17) is 5.73 Å². The van der Waals surface area contributed by atoms with Gasteiger partial charge < -0.3 is 5.73 Å². The van der Waals surface area contributed by atoms with Gasteiger partial charge in [-0.25, -0.2) is 13.1 Å². The third-order valence-corrected chi connectivity index (χ3v) is 6.88. The van der Waals surface area contributed by atoms with Gasteiger partial charge in [0.25, 0.3) is 0 Å². The molecule has 4 nitrogen and oxygen atoms in total. The minimum atomic E-state index is -3.38. The zero-order valence-corrected chi connectivity index (χ0v) is 12.4. The number of nitrogens with two attached hydrogens (primary N) is 1. The van der Waals surface area contributed by atoms with Gasteiger partial charge in [0.1, 0.15) is 4.21 Å². The van der Waals surface area contributed by atoms with Crippen LogP contribution in [-0.4, -0.2) is 14.5 Å². The molecular weight excluding hydrogens is 268 g/mol. The largest absolute Gasteiger partial charge is 0.326 e. The zero-order chi connectivity index (χ0) is 13.3. The van der Waals surface area contributed by atoms with Gasteiger partial charge in [-0.3, -0.25) is 0 Å². The highest BCUT2D eigenvalue weighted by Gasteiger charge is 2.33. The normalized spacial score (nSPS) is 28.7. The van der Waals surface area contributed by atoms with Gasteiger partial charge in [-0.05, 0) is 41.7 Å². The van der Waals surface area contributed by atoms with E-state index in [2.05, 4.69) is 18.6 Å². The summed E-state index contributed by atoms with van der Waals surface area (Å²) in [5.74, 6) is 0.981. The molecular formula is C12H20N2O2S2. The van der Waals surface area contributed by atoms with Gasteiger partial charge in [0.15, 0.2) is 0 Å². The summed E-state index contributed by atoms with van der Waals surface area (Å²) in [7, 11) is -3.38. The highest BCUT2D eigenvalue weighted by Crippen LogP contribution is 2.32. The maximum absolute atomic E-state index is 12.2. The molecule has 1 aliphatic rings. The Labute approximate surface area is 113 Å². The van der Waals surface area contributed by atoms with E-state index < -0.39 is 10.0 Å². The van der Waals surface area contributed by atoms with Crippen molar-refractivity contribution < 1.29 is 8.42 Å². The number of rotatable bonds is 4. The third kappa shape index (κ3) is 2.77. The van der Waals surface area contributed by atoms with Crippen molar-refractivity contribution in [1.82, 2.24) is 4.72 Å². The highest BCUT2D eigenvalue weighted by molar-refractivity contribution is 7.91. The maximum Gasteiger partial charge on any atom is 0.250 e. The van der Waals surface area contributed by atoms with E-state index in [9.17, 15) is 8.42 Å². The molecule has 3 N–H and O–H groups in total. The molecule has 6 heteroatoms. The summed E-state index contributed by atoms with van der Waals surface area (Å²) in [5.41, 5.74) is 6.37. The monoisotopic (exact) mass is 288 g/mol. The van der Waals surface area contributed by atoms with Crippen LogP contribution < -0.4 is 10.5 Å². The summed E-state index contributed by atoms with van der Waals surface area (Å²) < 4.78 is 27.7. The van der Waals surface area contributed by atoms with Gasteiger partial charge in [-0.15, -0.1) is 11.3 Å². The molecule has 0 aromatic carbocycles. The first-order chi connectivity index (χ1) is 8.44. The van der Waals surface area contributed by atoms with Crippen LogP contribution in [0.1, 0.15) is 32.3 Å². The van der Waals surface area contributed by atoms with Gasteiger partial charge in [-0.2, -0.15) is 0 Å². The first kappa shape index (κ1) is 14.0. The SMILES string of the molecule is CC1CCC(NS(=O)(=O)c2cc(CN)cs2)C1C. The van der Waals surface area contributed by atoms with Crippen molar-refractivity contribution in [2.24, 2.45) is 17.6 Å². The second kappa shape index (κ2) is 5.28. The number of hydrogen-bond acceptors (Lipinski definition) is 4. The Morgan fingerprint density at radius 1 is 1.44 bits per heavy atom. The van der Waals surface area contributed by atoms with Crippen LogP contribution in [0.4, 0.5) is 0 Å². The standard InChI is InChI=1S/C12H20N2O2S2/c1-8-3-4-11(9(8)2)14-18(15,16)12-5-10(6-13)7-17-12/h5,7-9,11,14H,3-4,6,13H2,1-2H3. The molecule has 102 valence electrons. The molecule has 3 atom stereocenters. The summed E-state index contributed by atoms with van der Waals surface area (Å²) in [4.78, 5) is 0. The van der Waals surface area contributed by atoms with Crippen molar-refractivity contribution in [2.75, 3.05) is 0 Å². The molecule has 2 rings (SSSR count). The van der Waals surface area contributed by atoms with Crippen LogP contribution in [0.2, 0.25) is 0 Å². The summed E-state index contributed by atoms with van der Waals surface area (Å²) >= 11 is 1.24. The van der Waals surface area contributed by atoms with Crippen LogP contribution in [0.3, 0.4) is 0 Å². The van der Waals surface area contributed by atoms with Gasteiger partial charge >= 0.3 is 0 Å². The Kier molecular flexibility index (Phi) is 4.11. The molecule has 0 amide bonds. The summed E-state index contributed by atoms with van der Waals surface area (Å²) in [6, 6.07) is 1.73.